The summed E-state index contributed by atoms with van der Waals surface area (Å²) in [7, 11) is 0. The highest BCUT2D eigenvalue weighted by Crippen LogP contribution is 2.17. The molecule has 0 spiro atoms. The predicted octanol–water partition coefficient (Wildman–Crippen LogP) is 1.99. The van der Waals surface area contributed by atoms with E-state index < -0.39 is 0 Å². The second-order valence-electron chi connectivity index (χ2n) is 3.34. The number of nitrogens with zero attached hydrogens (tertiary/aromatic N) is 1. The number of amides is 1. The highest BCUT2D eigenvalue weighted by atomic mass is 32.1. The molecule has 0 aliphatic carbocycles. The van der Waals surface area contributed by atoms with Crippen LogP contribution in [0.1, 0.15) is 22.0 Å². The third-order valence-corrected chi connectivity index (χ3v) is 3.21. The maximum absolute atomic E-state index is 11.3. The molecule has 0 aromatic carbocycles. The lowest BCUT2D eigenvalue weighted by molar-refractivity contribution is -0.120. The molecule has 0 saturated carbocycles. The number of hydrogen-bond acceptors (Lipinski definition) is 3. The van der Waals surface area contributed by atoms with Crippen molar-refractivity contribution in [2.24, 2.45) is 0 Å². The van der Waals surface area contributed by atoms with Crippen LogP contribution in [0.3, 0.4) is 0 Å². The molecule has 0 bridgehead atoms. The largest absolute Gasteiger partial charge is 0.353 e. The van der Waals surface area contributed by atoms with Gasteiger partial charge in [0.25, 0.3) is 0 Å². The minimum absolute atomic E-state index is 0.0559. The van der Waals surface area contributed by atoms with Crippen LogP contribution in [0.15, 0.2) is 12.7 Å². The molecule has 0 saturated heterocycles. The average molecular weight is 224 g/mol. The first-order valence-electron chi connectivity index (χ1n) is 4.94. The van der Waals surface area contributed by atoms with Crippen molar-refractivity contribution in [1.29, 1.82) is 0 Å². The molecule has 0 aliphatic heterocycles. The van der Waals surface area contributed by atoms with Gasteiger partial charge in [0.2, 0.25) is 5.91 Å². The molecule has 15 heavy (non-hydrogen) atoms. The highest BCUT2D eigenvalue weighted by Gasteiger charge is 2.06. The minimum atomic E-state index is 0.0559. The molecule has 82 valence electrons. The van der Waals surface area contributed by atoms with E-state index in [0.29, 0.717) is 13.0 Å². The van der Waals surface area contributed by atoms with Crippen LogP contribution in [0.4, 0.5) is 0 Å². The van der Waals surface area contributed by atoms with Gasteiger partial charge in [-0.15, -0.1) is 17.9 Å². The maximum atomic E-state index is 11.3. The molecule has 3 nitrogen and oxygen atoms in total. The number of carbonyl (C=O) groups is 1. The Balaban J connectivity index is 2.36. The van der Waals surface area contributed by atoms with E-state index in [1.54, 1.807) is 17.4 Å². The Kier molecular flexibility index (Phi) is 4.49. The number of hydrogen-bond donors (Lipinski definition) is 1. The van der Waals surface area contributed by atoms with E-state index in [4.69, 9.17) is 0 Å². The minimum Gasteiger partial charge on any atom is -0.353 e. The van der Waals surface area contributed by atoms with Gasteiger partial charge < -0.3 is 5.32 Å². The summed E-state index contributed by atoms with van der Waals surface area (Å²) < 4.78 is 0. The Hall–Kier alpha value is -1.16. The Bertz CT molecular complexity index is 338. The predicted molar refractivity (Wildman–Crippen MR) is 63.1 cm³/mol. The van der Waals surface area contributed by atoms with E-state index in [9.17, 15) is 4.79 Å². The van der Waals surface area contributed by atoms with E-state index in [1.165, 1.54) is 4.88 Å². The van der Waals surface area contributed by atoms with E-state index in [0.717, 1.165) is 17.1 Å². The summed E-state index contributed by atoms with van der Waals surface area (Å²) in [4.78, 5) is 16.9. The molecule has 1 aromatic heterocycles. The van der Waals surface area contributed by atoms with Gasteiger partial charge in [-0.3, -0.25) is 4.79 Å². The average Bonchev–Trinajstić information content (AvgIpc) is 2.52. The fourth-order valence-corrected chi connectivity index (χ4v) is 2.07. The summed E-state index contributed by atoms with van der Waals surface area (Å²) in [5.41, 5.74) is 1.07. The molecule has 0 radical (unpaired) electrons. The van der Waals surface area contributed by atoms with Crippen LogP contribution in [0, 0.1) is 13.8 Å². The first-order valence-corrected chi connectivity index (χ1v) is 5.75. The summed E-state index contributed by atoms with van der Waals surface area (Å²) in [6.07, 6.45) is 2.90. The van der Waals surface area contributed by atoms with E-state index in [2.05, 4.69) is 16.9 Å². The molecule has 0 unspecified atom stereocenters. The zero-order chi connectivity index (χ0) is 11.3. The van der Waals surface area contributed by atoms with Gasteiger partial charge in [-0.1, -0.05) is 6.08 Å². The zero-order valence-electron chi connectivity index (χ0n) is 9.17. The highest BCUT2D eigenvalue weighted by molar-refractivity contribution is 7.11. The first-order chi connectivity index (χ1) is 7.13. The number of thiazole rings is 1. The summed E-state index contributed by atoms with van der Waals surface area (Å²) in [6.45, 7) is 8.12. The fourth-order valence-electron chi connectivity index (χ4n) is 1.14. The number of aromatic nitrogens is 1. The van der Waals surface area contributed by atoms with Crippen LogP contribution < -0.4 is 5.32 Å². The van der Waals surface area contributed by atoms with Crippen molar-refractivity contribution in [1.82, 2.24) is 10.3 Å². The smallest absolute Gasteiger partial charge is 0.220 e. The summed E-state index contributed by atoms with van der Waals surface area (Å²) >= 11 is 1.67. The fraction of sp³-hybridized carbons (Fsp3) is 0.455. The molecule has 0 fully saturated rings. The van der Waals surface area contributed by atoms with Crippen molar-refractivity contribution in [3.63, 3.8) is 0 Å². The summed E-state index contributed by atoms with van der Waals surface area (Å²) in [5, 5.41) is 3.78. The van der Waals surface area contributed by atoms with E-state index >= 15 is 0 Å². The molecule has 1 aromatic rings. The normalized spacial score (nSPS) is 10.0. The molecule has 0 atom stereocenters. The lowest BCUT2D eigenvalue weighted by Gasteiger charge is -1.99. The number of carbonyl (C=O) groups excluding carboxylic acids is 1. The lowest BCUT2D eigenvalue weighted by Crippen LogP contribution is -2.23. The van der Waals surface area contributed by atoms with Crippen molar-refractivity contribution >= 4 is 17.2 Å². The van der Waals surface area contributed by atoms with Crippen LogP contribution in [0.25, 0.3) is 0 Å². The van der Waals surface area contributed by atoms with Gasteiger partial charge in [0, 0.05) is 24.3 Å². The second kappa shape index (κ2) is 5.66. The van der Waals surface area contributed by atoms with Crippen molar-refractivity contribution in [3.05, 3.63) is 28.2 Å². The molecule has 4 heteroatoms. The van der Waals surface area contributed by atoms with E-state index in [-0.39, 0.29) is 5.91 Å². The van der Waals surface area contributed by atoms with Crippen LogP contribution in [0.5, 0.6) is 0 Å². The van der Waals surface area contributed by atoms with Gasteiger partial charge in [-0.2, -0.15) is 0 Å². The molecule has 1 amide bonds. The Labute approximate surface area is 94.2 Å². The number of nitrogens with one attached hydrogen (secondary N) is 1. The topological polar surface area (TPSA) is 42.0 Å². The summed E-state index contributed by atoms with van der Waals surface area (Å²) in [6, 6.07) is 0. The third-order valence-electron chi connectivity index (χ3n) is 2.08. The Morgan fingerprint density at radius 1 is 1.60 bits per heavy atom. The second-order valence-corrected chi connectivity index (χ2v) is 4.63. The van der Waals surface area contributed by atoms with Crippen molar-refractivity contribution in [2.45, 2.75) is 26.7 Å². The third kappa shape index (κ3) is 3.83. The van der Waals surface area contributed by atoms with Crippen molar-refractivity contribution in [3.8, 4) is 0 Å². The standard InChI is InChI=1S/C11H16N2OS/c1-4-7-12-10(14)5-6-11-13-8(2)9(3)15-11/h4H,1,5-7H2,2-3H3,(H,12,14). The number of aryl methyl sites for hydroxylation is 3. The lowest BCUT2D eigenvalue weighted by atomic mass is 10.3. The molecule has 1 rings (SSSR count). The quantitative estimate of drug-likeness (QED) is 0.777. The van der Waals surface area contributed by atoms with Gasteiger partial charge in [0.05, 0.1) is 10.7 Å². The Morgan fingerprint density at radius 2 is 2.33 bits per heavy atom. The molecule has 0 aliphatic rings. The van der Waals surface area contributed by atoms with Crippen LogP contribution in [-0.4, -0.2) is 17.4 Å². The van der Waals surface area contributed by atoms with Gasteiger partial charge in [0.1, 0.15) is 0 Å². The molecular formula is C11H16N2OS. The van der Waals surface area contributed by atoms with Crippen LogP contribution in [0.2, 0.25) is 0 Å². The Morgan fingerprint density at radius 3 is 2.87 bits per heavy atom. The maximum Gasteiger partial charge on any atom is 0.220 e. The number of rotatable bonds is 5. The van der Waals surface area contributed by atoms with Crippen molar-refractivity contribution in [2.75, 3.05) is 6.54 Å². The molecular weight excluding hydrogens is 208 g/mol. The zero-order valence-corrected chi connectivity index (χ0v) is 9.99. The van der Waals surface area contributed by atoms with Gasteiger partial charge in [0.15, 0.2) is 0 Å². The van der Waals surface area contributed by atoms with Crippen LogP contribution in [-0.2, 0) is 11.2 Å². The monoisotopic (exact) mass is 224 g/mol. The molecule has 1 heterocycles. The SMILES string of the molecule is C=CCNC(=O)CCc1nc(C)c(C)s1. The first kappa shape index (κ1) is 11.9. The molecule has 1 N–H and O–H groups in total. The van der Waals surface area contributed by atoms with Crippen LogP contribution >= 0.6 is 11.3 Å². The van der Waals surface area contributed by atoms with Gasteiger partial charge >= 0.3 is 0 Å². The summed E-state index contributed by atoms with van der Waals surface area (Å²) in [5.74, 6) is 0.0559. The van der Waals surface area contributed by atoms with Gasteiger partial charge in [-0.05, 0) is 13.8 Å². The van der Waals surface area contributed by atoms with Crippen molar-refractivity contribution < 1.29 is 4.79 Å². The van der Waals surface area contributed by atoms with Gasteiger partial charge in [-0.25, -0.2) is 4.98 Å². The van der Waals surface area contributed by atoms with E-state index in [1.807, 2.05) is 13.8 Å².